The topological polar surface area (TPSA) is 54.0 Å². The van der Waals surface area contributed by atoms with Crippen LogP contribution < -0.4 is 15.9 Å². The van der Waals surface area contributed by atoms with Gasteiger partial charge in [0.1, 0.15) is 11.6 Å². The van der Waals surface area contributed by atoms with E-state index < -0.39 is 7.92 Å². The van der Waals surface area contributed by atoms with Crippen molar-refractivity contribution in [2.45, 2.75) is 20.3 Å². The van der Waals surface area contributed by atoms with Crippen LogP contribution in [0.15, 0.2) is 91.0 Å². The minimum absolute atomic E-state index is 0. The number of carbonyl (C=O) groups is 2. The molecule has 3 aromatic rings. The number of benzene rings is 3. The van der Waals surface area contributed by atoms with Crippen LogP contribution in [0.3, 0.4) is 0 Å². The molecule has 151 valence electrons. The minimum atomic E-state index is -0.446. The van der Waals surface area contributed by atoms with Crippen LogP contribution >= 0.6 is 7.92 Å². The van der Waals surface area contributed by atoms with Crippen molar-refractivity contribution in [3.05, 3.63) is 97.6 Å². The van der Waals surface area contributed by atoms with Gasteiger partial charge in [-0.3, -0.25) is 9.59 Å². The molecule has 0 N–H and O–H groups in total. The Morgan fingerprint density at radius 2 is 0.897 bits per heavy atom. The van der Waals surface area contributed by atoms with Gasteiger partial charge in [-0.2, -0.15) is 0 Å². The van der Waals surface area contributed by atoms with Gasteiger partial charge in [-0.15, -0.1) is 0 Å². The molecule has 3 aromatic carbocycles. The molecule has 0 aliphatic rings. The molecule has 0 aromatic heterocycles. The first-order chi connectivity index (χ1) is 13.6. The standard InChI is InChI=1S/C18H15P.C5H8O2.CO.Rh/c1-4-10-16(11-5-1)19(17-12-6-2-7-13-17)18-14-8-3-9-15-18;1-4(6)3-5(2)7;1-2;/h1-15H;3H2,1-2H3;;. The zero-order valence-electron chi connectivity index (χ0n) is 16.4. The number of rotatable bonds is 5. The quantitative estimate of drug-likeness (QED) is 0.178. The normalized spacial score (nSPS) is 9.00. The Kier molecular flexibility index (Phi) is 14.5. The zero-order valence-corrected chi connectivity index (χ0v) is 18.9. The van der Waals surface area contributed by atoms with Gasteiger partial charge in [0.15, 0.2) is 0 Å². The Balaban J connectivity index is 0.000000675. The average Bonchev–Trinajstić information content (AvgIpc) is 2.72. The third-order valence-corrected chi connectivity index (χ3v) is 5.98. The summed E-state index contributed by atoms with van der Waals surface area (Å²) in [6, 6.07) is 32.3. The molecule has 0 amide bonds. The van der Waals surface area contributed by atoms with Crippen molar-refractivity contribution in [2.24, 2.45) is 0 Å². The summed E-state index contributed by atoms with van der Waals surface area (Å²) in [5.74, 6) is -0.125. The van der Waals surface area contributed by atoms with Gasteiger partial charge >= 0.3 is 11.3 Å². The van der Waals surface area contributed by atoms with Gasteiger partial charge in [-0.1, -0.05) is 91.0 Å². The summed E-state index contributed by atoms with van der Waals surface area (Å²) in [5, 5.41) is 4.19. The number of carbonyl (C=O) groups excluding carboxylic acids is 2. The Labute approximate surface area is 186 Å². The second-order valence-corrected chi connectivity index (χ2v) is 8.14. The molecule has 3 nitrogen and oxygen atoms in total. The number of Topliss-reactive ketones (excluding diaryl/α,β-unsaturated/α-hetero) is 2. The first-order valence-electron chi connectivity index (χ1n) is 8.72. The molecule has 0 spiro atoms. The first kappa shape index (κ1) is 26.8. The van der Waals surface area contributed by atoms with E-state index in [1.807, 2.05) is 0 Å². The fourth-order valence-corrected chi connectivity index (χ4v) is 4.83. The maximum absolute atomic E-state index is 10.0. The summed E-state index contributed by atoms with van der Waals surface area (Å²) in [5.41, 5.74) is 0. The Hall–Kier alpha value is -2.21. The van der Waals surface area contributed by atoms with E-state index in [4.69, 9.17) is 4.65 Å². The van der Waals surface area contributed by atoms with Gasteiger partial charge in [0.25, 0.3) is 0 Å². The number of ketones is 2. The van der Waals surface area contributed by atoms with E-state index in [1.165, 1.54) is 29.8 Å². The molecule has 0 aliphatic heterocycles. The van der Waals surface area contributed by atoms with Crippen LogP contribution in [0.4, 0.5) is 0 Å². The van der Waals surface area contributed by atoms with Crippen LogP contribution in [0.2, 0.25) is 0 Å². The molecular weight excluding hydrogens is 470 g/mol. The summed E-state index contributed by atoms with van der Waals surface area (Å²) in [7, 11) is -0.446. The van der Waals surface area contributed by atoms with Crippen LogP contribution in [-0.2, 0) is 33.7 Å². The maximum Gasteiger partial charge on any atom is 0 e. The largest absolute Gasteiger partial charge is 0.0622 e. The second kappa shape index (κ2) is 15.7. The van der Waals surface area contributed by atoms with Gasteiger partial charge in [-0.25, -0.2) is 0 Å². The fraction of sp³-hybridized carbons (Fsp3) is 0.125. The van der Waals surface area contributed by atoms with Gasteiger partial charge in [0.05, 0.1) is 6.42 Å². The maximum atomic E-state index is 10.0. The summed E-state index contributed by atoms with van der Waals surface area (Å²) in [4.78, 5) is 20.1. The average molecular weight is 493 g/mol. The molecule has 0 fully saturated rings. The Bertz CT molecular complexity index is 760. The van der Waals surface area contributed by atoms with E-state index in [0.29, 0.717) is 0 Å². The molecule has 0 heterocycles. The van der Waals surface area contributed by atoms with Gasteiger partial charge < -0.3 is 0 Å². The molecule has 1 radical (unpaired) electrons. The summed E-state index contributed by atoms with van der Waals surface area (Å²) >= 11 is 0. The van der Waals surface area contributed by atoms with Crippen molar-refractivity contribution in [3.63, 3.8) is 0 Å². The zero-order chi connectivity index (χ0) is 20.8. The van der Waals surface area contributed by atoms with E-state index in [2.05, 4.69) is 97.6 Å². The molecule has 0 bridgehead atoms. The smallest absolute Gasteiger partial charge is 0 e. The van der Waals surface area contributed by atoms with Gasteiger partial charge in [0.2, 0.25) is 0 Å². The number of hydrogen-bond donors (Lipinski definition) is 0. The summed E-state index contributed by atoms with van der Waals surface area (Å²) < 4.78 is 7.50. The minimum Gasteiger partial charge on any atom is -0.0622 e. The molecule has 0 saturated carbocycles. The van der Waals surface area contributed by atoms with Gasteiger partial charge in [-0.05, 0) is 37.7 Å². The fourth-order valence-electron chi connectivity index (χ4n) is 2.53. The molecular formula is C24H23O3PRh. The third-order valence-electron chi connectivity index (χ3n) is 3.54. The van der Waals surface area contributed by atoms with Crippen molar-refractivity contribution in [3.8, 4) is 0 Å². The van der Waals surface area contributed by atoms with Crippen LogP contribution in [0.5, 0.6) is 0 Å². The first-order valence-corrected chi connectivity index (χ1v) is 10.1. The van der Waals surface area contributed by atoms with Crippen LogP contribution in [-0.4, -0.2) is 11.6 Å². The SMILES string of the molecule is CC(=O)CC(C)=O.[C-]#[O+].[Rh].c1ccc(P(c2ccccc2)c2ccccc2)cc1. The van der Waals surface area contributed by atoms with Crippen LogP contribution in [0.25, 0.3) is 0 Å². The molecule has 0 saturated heterocycles. The van der Waals surface area contributed by atoms with Crippen molar-refractivity contribution in [1.82, 2.24) is 0 Å². The van der Waals surface area contributed by atoms with Crippen molar-refractivity contribution in [2.75, 3.05) is 0 Å². The molecule has 0 unspecified atom stereocenters. The van der Waals surface area contributed by atoms with E-state index in [9.17, 15) is 9.59 Å². The van der Waals surface area contributed by atoms with Gasteiger partial charge in [0, 0.05) is 19.5 Å². The summed E-state index contributed by atoms with van der Waals surface area (Å²) in [6.07, 6.45) is 0.0833. The molecule has 0 aliphatic carbocycles. The van der Waals surface area contributed by atoms with Crippen molar-refractivity contribution < 1.29 is 33.7 Å². The van der Waals surface area contributed by atoms with E-state index in [0.717, 1.165) is 0 Å². The van der Waals surface area contributed by atoms with E-state index in [1.54, 1.807) is 0 Å². The summed E-state index contributed by atoms with van der Waals surface area (Å²) in [6.45, 7) is 7.31. The molecule has 0 atom stereocenters. The van der Waals surface area contributed by atoms with Crippen LogP contribution in [0, 0.1) is 6.65 Å². The predicted octanol–water partition coefficient (Wildman–Crippen LogP) is 3.96. The molecule has 3 rings (SSSR count). The Morgan fingerprint density at radius 1 is 0.655 bits per heavy atom. The van der Waals surface area contributed by atoms with E-state index in [-0.39, 0.29) is 37.5 Å². The van der Waals surface area contributed by atoms with Crippen molar-refractivity contribution in [1.29, 1.82) is 0 Å². The second-order valence-electron chi connectivity index (χ2n) is 5.92. The third kappa shape index (κ3) is 10.2. The monoisotopic (exact) mass is 493 g/mol. The van der Waals surface area contributed by atoms with Crippen molar-refractivity contribution >= 4 is 35.4 Å². The van der Waals surface area contributed by atoms with Crippen LogP contribution in [0.1, 0.15) is 20.3 Å². The number of hydrogen-bond acceptors (Lipinski definition) is 2. The molecule has 29 heavy (non-hydrogen) atoms. The molecule has 5 heteroatoms. The van der Waals surface area contributed by atoms with E-state index >= 15 is 0 Å². The Morgan fingerprint density at radius 3 is 1.07 bits per heavy atom. The predicted molar refractivity (Wildman–Crippen MR) is 115 cm³/mol.